The van der Waals surface area contributed by atoms with Gasteiger partial charge in [-0.2, -0.15) is 15.0 Å². The number of anilines is 2. The van der Waals surface area contributed by atoms with Gasteiger partial charge in [0.15, 0.2) is 0 Å². The molecule has 1 aromatic rings. The third-order valence-corrected chi connectivity index (χ3v) is 2.58. The molecule has 0 aliphatic carbocycles. The first kappa shape index (κ1) is 17.4. The van der Waals surface area contributed by atoms with Crippen LogP contribution in [0.3, 0.4) is 0 Å². The molecular formula is C13H25N5O3. The molecule has 0 spiro atoms. The number of ether oxygens (including phenoxy) is 3. The Bertz CT molecular complexity index is 409. The summed E-state index contributed by atoms with van der Waals surface area (Å²) in [4.78, 5) is 14.9. The summed E-state index contributed by atoms with van der Waals surface area (Å²) in [5.74, 6) is 1.01. The van der Waals surface area contributed by atoms with Crippen LogP contribution >= 0.6 is 0 Å². The number of aromatic nitrogens is 3. The molecule has 1 rings (SSSR count). The molecular weight excluding hydrogens is 274 g/mol. The van der Waals surface area contributed by atoms with Crippen LogP contribution < -0.4 is 15.0 Å². The van der Waals surface area contributed by atoms with Crippen molar-refractivity contribution in [2.75, 3.05) is 57.8 Å². The summed E-state index contributed by atoms with van der Waals surface area (Å²) in [6, 6.07) is 0.305. The molecule has 8 nitrogen and oxygen atoms in total. The quantitative estimate of drug-likeness (QED) is 0.679. The van der Waals surface area contributed by atoms with Gasteiger partial charge in [0, 0.05) is 34.4 Å². The fourth-order valence-electron chi connectivity index (χ4n) is 1.58. The highest BCUT2D eigenvalue weighted by atomic mass is 16.5. The minimum atomic E-state index is -0.00337. The summed E-state index contributed by atoms with van der Waals surface area (Å²) in [5, 5.41) is 2.92. The second kappa shape index (κ2) is 9.30. The zero-order chi connectivity index (χ0) is 15.7. The summed E-state index contributed by atoms with van der Waals surface area (Å²) in [5.41, 5.74) is 0. The smallest absolute Gasteiger partial charge is 0.323 e. The van der Waals surface area contributed by atoms with Crippen LogP contribution in [0.1, 0.15) is 13.8 Å². The van der Waals surface area contributed by atoms with E-state index in [-0.39, 0.29) is 6.10 Å². The molecule has 1 N–H and O–H groups in total. The maximum atomic E-state index is 5.57. The number of nitrogens with one attached hydrogen (secondary N) is 1. The Labute approximate surface area is 125 Å². The van der Waals surface area contributed by atoms with Crippen molar-refractivity contribution in [1.82, 2.24) is 15.0 Å². The molecule has 1 aromatic heterocycles. The zero-order valence-electron chi connectivity index (χ0n) is 13.4. The normalized spacial score (nSPS) is 10.8. The standard InChI is InChI=1S/C13H25N5O3/c1-10(2)21-13-16-11(14-3)15-12(17-13)18(6-8-19-4)7-9-20-5/h10H,6-9H2,1-5H3,(H,14,15,16,17). The number of hydrogen-bond acceptors (Lipinski definition) is 8. The van der Waals surface area contributed by atoms with Crippen LogP contribution in [0.25, 0.3) is 0 Å². The first-order valence-corrected chi connectivity index (χ1v) is 6.94. The van der Waals surface area contributed by atoms with E-state index in [1.807, 2.05) is 18.7 Å². The molecule has 0 amide bonds. The molecule has 120 valence electrons. The molecule has 0 fully saturated rings. The Hall–Kier alpha value is -1.67. The molecule has 0 radical (unpaired) electrons. The van der Waals surface area contributed by atoms with E-state index < -0.39 is 0 Å². The Balaban J connectivity index is 2.97. The summed E-state index contributed by atoms with van der Waals surface area (Å²) < 4.78 is 15.8. The van der Waals surface area contributed by atoms with E-state index in [9.17, 15) is 0 Å². The topological polar surface area (TPSA) is 81.6 Å². The van der Waals surface area contributed by atoms with E-state index in [1.165, 1.54) is 0 Å². The van der Waals surface area contributed by atoms with E-state index in [2.05, 4.69) is 20.3 Å². The van der Waals surface area contributed by atoms with Crippen molar-refractivity contribution in [1.29, 1.82) is 0 Å². The first-order valence-electron chi connectivity index (χ1n) is 6.94. The number of hydrogen-bond donors (Lipinski definition) is 1. The van der Waals surface area contributed by atoms with Gasteiger partial charge in [-0.25, -0.2) is 0 Å². The Morgan fingerprint density at radius 2 is 1.67 bits per heavy atom. The molecule has 0 saturated carbocycles. The summed E-state index contributed by atoms with van der Waals surface area (Å²) in [6.07, 6.45) is -0.00337. The average molecular weight is 299 g/mol. The largest absolute Gasteiger partial charge is 0.461 e. The van der Waals surface area contributed by atoms with E-state index >= 15 is 0 Å². The fourth-order valence-corrected chi connectivity index (χ4v) is 1.58. The van der Waals surface area contributed by atoms with Gasteiger partial charge < -0.3 is 24.4 Å². The van der Waals surface area contributed by atoms with Crippen molar-refractivity contribution in [3.63, 3.8) is 0 Å². The molecule has 21 heavy (non-hydrogen) atoms. The van der Waals surface area contributed by atoms with Gasteiger partial charge in [-0.15, -0.1) is 0 Å². The molecule has 0 bridgehead atoms. The van der Waals surface area contributed by atoms with E-state index in [1.54, 1.807) is 21.3 Å². The van der Waals surface area contributed by atoms with Gasteiger partial charge >= 0.3 is 6.01 Å². The minimum Gasteiger partial charge on any atom is -0.461 e. The zero-order valence-corrected chi connectivity index (χ0v) is 13.4. The van der Waals surface area contributed by atoms with E-state index in [4.69, 9.17) is 14.2 Å². The molecule has 0 unspecified atom stereocenters. The summed E-state index contributed by atoms with van der Waals surface area (Å²) in [7, 11) is 5.08. The highest BCUT2D eigenvalue weighted by molar-refractivity contribution is 5.38. The van der Waals surface area contributed by atoms with Crippen molar-refractivity contribution in [3.8, 4) is 6.01 Å². The number of methoxy groups -OCH3 is 2. The van der Waals surface area contributed by atoms with Crippen LogP contribution in [-0.2, 0) is 9.47 Å². The second-order valence-corrected chi connectivity index (χ2v) is 4.63. The van der Waals surface area contributed by atoms with Crippen molar-refractivity contribution >= 4 is 11.9 Å². The fraction of sp³-hybridized carbons (Fsp3) is 0.769. The third kappa shape index (κ3) is 6.09. The van der Waals surface area contributed by atoms with Gasteiger partial charge in [-0.3, -0.25) is 0 Å². The van der Waals surface area contributed by atoms with Gasteiger partial charge in [-0.05, 0) is 13.8 Å². The maximum Gasteiger partial charge on any atom is 0.323 e. The SMILES string of the molecule is CNc1nc(OC(C)C)nc(N(CCOC)CCOC)n1. The van der Waals surface area contributed by atoms with Gasteiger partial charge in [0.1, 0.15) is 0 Å². The summed E-state index contributed by atoms with van der Waals surface area (Å²) in [6.45, 7) is 6.32. The third-order valence-electron chi connectivity index (χ3n) is 2.58. The van der Waals surface area contributed by atoms with E-state index in [0.717, 1.165) is 0 Å². The minimum absolute atomic E-state index is 0.00337. The Kier molecular flexibility index (Phi) is 7.70. The van der Waals surface area contributed by atoms with Crippen LogP contribution in [0.5, 0.6) is 6.01 Å². The van der Waals surface area contributed by atoms with Crippen LogP contribution in [0, 0.1) is 0 Å². The van der Waals surface area contributed by atoms with Gasteiger partial charge in [0.2, 0.25) is 11.9 Å². The lowest BCUT2D eigenvalue weighted by Crippen LogP contribution is -2.32. The molecule has 1 heterocycles. The van der Waals surface area contributed by atoms with Crippen LogP contribution in [0.2, 0.25) is 0 Å². The average Bonchev–Trinajstić information content (AvgIpc) is 2.46. The number of rotatable bonds is 10. The molecule has 0 aliphatic rings. The predicted octanol–water partition coefficient (Wildman–Crippen LogP) is 0.800. The number of nitrogens with zero attached hydrogens (tertiary/aromatic N) is 4. The molecule has 8 heteroatoms. The maximum absolute atomic E-state index is 5.57. The van der Waals surface area contributed by atoms with Crippen molar-refractivity contribution in [2.45, 2.75) is 20.0 Å². The second-order valence-electron chi connectivity index (χ2n) is 4.63. The summed E-state index contributed by atoms with van der Waals surface area (Å²) >= 11 is 0. The molecule has 0 atom stereocenters. The highest BCUT2D eigenvalue weighted by Gasteiger charge is 2.14. The lowest BCUT2D eigenvalue weighted by molar-refractivity contribution is 0.189. The lowest BCUT2D eigenvalue weighted by atomic mass is 10.5. The lowest BCUT2D eigenvalue weighted by Gasteiger charge is -2.22. The van der Waals surface area contributed by atoms with E-state index in [0.29, 0.717) is 44.2 Å². The van der Waals surface area contributed by atoms with Crippen LogP contribution in [0.4, 0.5) is 11.9 Å². The van der Waals surface area contributed by atoms with Crippen molar-refractivity contribution < 1.29 is 14.2 Å². The van der Waals surface area contributed by atoms with Gasteiger partial charge in [0.05, 0.1) is 19.3 Å². The Morgan fingerprint density at radius 3 is 2.14 bits per heavy atom. The molecule has 0 saturated heterocycles. The van der Waals surface area contributed by atoms with Crippen LogP contribution in [0.15, 0.2) is 0 Å². The Morgan fingerprint density at radius 1 is 1.05 bits per heavy atom. The highest BCUT2D eigenvalue weighted by Crippen LogP contribution is 2.15. The molecule has 0 aromatic carbocycles. The van der Waals surface area contributed by atoms with Crippen LogP contribution in [-0.4, -0.2) is 68.6 Å². The van der Waals surface area contributed by atoms with Gasteiger partial charge in [-0.1, -0.05) is 0 Å². The monoisotopic (exact) mass is 299 g/mol. The first-order chi connectivity index (χ1) is 10.1. The molecule has 0 aliphatic heterocycles. The van der Waals surface area contributed by atoms with Crippen molar-refractivity contribution in [3.05, 3.63) is 0 Å². The predicted molar refractivity (Wildman–Crippen MR) is 81.1 cm³/mol. The van der Waals surface area contributed by atoms with Gasteiger partial charge in [0.25, 0.3) is 0 Å². The van der Waals surface area contributed by atoms with Crippen molar-refractivity contribution in [2.24, 2.45) is 0 Å².